The lowest BCUT2D eigenvalue weighted by Gasteiger charge is -2.13. The summed E-state index contributed by atoms with van der Waals surface area (Å²) in [4.78, 5) is 10.5. The van der Waals surface area contributed by atoms with Gasteiger partial charge in [-0.25, -0.2) is 9.97 Å². The van der Waals surface area contributed by atoms with E-state index in [4.69, 9.17) is 9.97 Å². The van der Waals surface area contributed by atoms with E-state index in [1.165, 1.54) is 54.2 Å². The summed E-state index contributed by atoms with van der Waals surface area (Å²) >= 11 is 0. The molecular weight excluding hydrogens is 585 g/mol. The number of fused-ring (bicyclic) bond motifs is 13. The van der Waals surface area contributed by atoms with E-state index in [0.29, 0.717) is 0 Å². The van der Waals surface area contributed by atoms with Crippen LogP contribution in [0, 0.1) is 0 Å². The van der Waals surface area contributed by atoms with Crippen LogP contribution in [0.25, 0.3) is 98.8 Å². The number of rotatable bonds is 2. The Hall–Kier alpha value is -6.52. The molecule has 0 aliphatic rings. The molecule has 0 N–H and O–H groups in total. The topological polar surface area (TPSA) is 35.1 Å². The van der Waals surface area contributed by atoms with Crippen LogP contribution in [0.15, 0.2) is 158 Å². The maximum atomic E-state index is 5.39. The van der Waals surface area contributed by atoms with Crippen LogP contribution < -0.4 is 0 Å². The number of hydrogen-bond donors (Lipinski definition) is 0. The van der Waals surface area contributed by atoms with E-state index in [2.05, 4.69) is 167 Å². The van der Waals surface area contributed by atoms with Crippen molar-refractivity contribution in [3.63, 3.8) is 0 Å². The van der Waals surface area contributed by atoms with Crippen molar-refractivity contribution in [1.29, 1.82) is 0 Å². The molecule has 4 heteroatoms. The van der Waals surface area contributed by atoms with Gasteiger partial charge in [-0.05, 0) is 92.0 Å². The highest BCUT2D eigenvalue weighted by Gasteiger charge is 2.21. The number of benzene rings is 8. The molecule has 3 aromatic heterocycles. The van der Waals surface area contributed by atoms with E-state index in [9.17, 15) is 0 Å². The van der Waals surface area contributed by atoms with Crippen molar-refractivity contribution in [1.82, 2.24) is 18.9 Å². The van der Waals surface area contributed by atoms with Gasteiger partial charge in [0.15, 0.2) is 0 Å². The third kappa shape index (κ3) is 3.43. The molecule has 0 aliphatic heterocycles. The standard InChI is InChI=1S/C44H26N4/c1-4-14-31-27(11-1)21-24-41-42(31)36-26-29(35-25-28-12-2-3-13-30(28)32-15-5-6-16-33(32)35)22-23-39(36)47(41)44-46-37-18-8-7-17-34(37)43-45-38-19-9-10-20-40(38)48(43)44/h1-26H. The molecule has 0 saturated heterocycles. The lowest BCUT2D eigenvalue weighted by Crippen LogP contribution is -2.06. The lowest BCUT2D eigenvalue weighted by molar-refractivity contribution is 0.980. The summed E-state index contributed by atoms with van der Waals surface area (Å²) in [5, 5.41) is 11.0. The van der Waals surface area contributed by atoms with Crippen LogP contribution in [-0.4, -0.2) is 18.9 Å². The van der Waals surface area contributed by atoms with Crippen LogP contribution in [0.2, 0.25) is 0 Å². The minimum Gasteiger partial charge on any atom is -0.279 e. The largest absolute Gasteiger partial charge is 0.279 e. The van der Waals surface area contributed by atoms with Gasteiger partial charge in [-0.15, -0.1) is 0 Å². The zero-order chi connectivity index (χ0) is 31.3. The first kappa shape index (κ1) is 25.6. The first-order chi connectivity index (χ1) is 23.8. The summed E-state index contributed by atoms with van der Waals surface area (Å²) in [7, 11) is 0. The van der Waals surface area contributed by atoms with E-state index in [-0.39, 0.29) is 0 Å². The van der Waals surface area contributed by atoms with Gasteiger partial charge in [-0.3, -0.25) is 8.97 Å². The molecule has 0 aliphatic carbocycles. The average molecular weight is 611 g/mol. The predicted molar refractivity (Wildman–Crippen MR) is 200 cm³/mol. The van der Waals surface area contributed by atoms with Crippen LogP contribution in [0.3, 0.4) is 0 Å². The van der Waals surface area contributed by atoms with Gasteiger partial charge in [0.2, 0.25) is 5.95 Å². The van der Waals surface area contributed by atoms with Gasteiger partial charge >= 0.3 is 0 Å². The van der Waals surface area contributed by atoms with Gasteiger partial charge in [0.05, 0.1) is 27.6 Å². The monoisotopic (exact) mass is 610 g/mol. The van der Waals surface area contributed by atoms with Gasteiger partial charge in [0.25, 0.3) is 0 Å². The second kappa shape index (κ2) is 9.50. The molecule has 8 aromatic carbocycles. The molecule has 0 fully saturated rings. The summed E-state index contributed by atoms with van der Waals surface area (Å²) in [5.41, 5.74) is 8.48. The van der Waals surface area contributed by atoms with E-state index in [1.807, 2.05) is 0 Å². The van der Waals surface area contributed by atoms with Crippen LogP contribution in [0.4, 0.5) is 0 Å². The number of imidazole rings is 1. The van der Waals surface area contributed by atoms with Crippen LogP contribution >= 0.6 is 0 Å². The molecule has 11 rings (SSSR count). The molecule has 3 heterocycles. The SMILES string of the molecule is c1ccc2c(c1)cc(-c1ccc3c(c1)c1c4ccccc4ccc1n3-c1nc3ccccc3c3nc4ccccc4n13)c1ccccc12. The van der Waals surface area contributed by atoms with Gasteiger partial charge in [-0.1, -0.05) is 109 Å². The van der Waals surface area contributed by atoms with E-state index in [1.54, 1.807) is 0 Å². The van der Waals surface area contributed by atoms with E-state index in [0.717, 1.165) is 44.6 Å². The molecule has 0 amide bonds. The first-order valence-corrected chi connectivity index (χ1v) is 16.3. The quantitative estimate of drug-likeness (QED) is 0.183. The molecular formula is C44H26N4. The first-order valence-electron chi connectivity index (χ1n) is 16.3. The number of hydrogen-bond acceptors (Lipinski definition) is 2. The molecule has 0 radical (unpaired) electrons. The normalized spacial score (nSPS) is 12.2. The summed E-state index contributed by atoms with van der Waals surface area (Å²) in [6.07, 6.45) is 0. The molecule has 0 atom stereocenters. The fourth-order valence-corrected chi connectivity index (χ4v) is 7.94. The summed E-state index contributed by atoms with van der Waals surface area (Å²) in [6, 6.07) is 56.6. The zero-order valence-electron chi connectivity index (χ0n) is 25.8. The van der Waals surface area contributed by atoms with Crippen molar-refractivity contribution in [3.05, 3.63) is 158 Å². The summed E-state index contributed by atoms with van der Waals surface area (Å²) in [5.74, 6) is 0.830. The minimum absolute atomic E-state index is 0.830. The fourth-order valence-electron chi connectivity index (χ4n) is 7.94. The highest BCUT2D eigenvalue weighted by molar-refractivity contribution is 6.22. The highest BCUT2D eigenvalue weighted by atomic mass is 15.2. The molecule has 4 nitrogen and oxygen atoms in total. The molecule has 0 saturated carbocycles. The smallest absolute Gasteiger partial charge is 0.221 e. The Labute approximate surface area is 274 Å². The maximum absolute atomic E-state index is 5.39. The molecule has 222 valence electrons. The van der Waals surface area contributed by atoms with Crippen LogP contribution in [0.5, 0.6) is 0 Å². The number of nitrogens with zero attached hydrogens (tertiary/aromatic N) is 4. The van der Waals surface area contributed by atoms with Crippen molar-refractivity contribution in [3.8, 4) is 17.1 Å². The minimum atomic E-state index is 0.830. The van der Waals surface area contributed by atoms with Crippen molar-refractivity contribution in [2.75, 3.05) is 0 Å². The number of aromatic nitrogens is 4. The molecule has 48 heavy (non-hydrogen) atoms. The molecule has 0 bridgehead atoms. The summed E-state index contributed by atoms with van der Waals surface area (Å²) in [6.45, 7) is 0. The van der Waals surface area contributed by atoms with Crippen LogP contribution in [-0.2, 0) is 0 Å². The Bertz CT molecular complexity index is 3130. The Kier molecular flexibility index (Phi) is 5.08. The molecule has 0 unspecified atom stereocenters. The Morgan fingerprint density at radius 2 is 1.06 bits per heavy atom. The second-order valence-electron chi connectivity index (χ2n) is 12.6. The highest BCUT2D eigenvalue weighted by Crippen LogP contribution is 2.41. The van der Waals surface area contributed by atoms with Crippen molar-refractivity contribution < 1.29 is 0 Å². The third-order valence-electron chi connectivity index (χ3n) is 10.1. The Morgan fingerprint density at radius 3 is 1.94 bits per heavy atom. The Morgan fingerprint density at radius 1 is 0.396 bits per heavy atom. The van der Waals surface area contributed by atoms with E-state index >= 15 is 0 Å². The molecule has 11 aromatic rings. The van der Waals surface area contributed by atoms with Gasteiger partial charge in [-0.2, -0.15) is 0 Å². The second-order valence-corrected chi connectivity index (χ2v) is 12.6. The van der Waals surface area contributed by atoms with Gasteiger partial charge in [0.1, 0.15) is 5.65 Å². The van der Waals surface area contributed by atoms with Crippen molar-refractivity contribution >= 4 is 81.7 Å². The zero-order valence-corrected chi connectivity index (χ0v) is 25.8. The van der Waals surface area contributed by atoms with Gasteiger partial charge in [0, 0.05) is 16.2 Å². The third-order valence-corrected chi connectivity index (χ3v) is 10.1. The fraction of sp³-hybridized carbons (Fsp3) is 0. The van der Waals surface area contributed by atoms with Crippen molar-refractivity contribution in [2.45, 2.75) is 0 Å². The number of para-hydroxylation sites is 3. The predicted octanol–water partition coefficient (Wildman–Crippen LogP) is 11.3. The Balaban J connectivity index is 1.31. The average Bonchev–Trinajstić information content (AvgIpc) is 3.71. The molecule has 0 spiro atoms. The van der Waals surface area contributed by atoms with E-state index < -0.39 is 0 Å². The summed E-state index contributed by atoms with van der Waals surface area (Å²) < 4.78 is 4.57. The van der Waals surface area contributed by atoms with Crippen LogP contribution in [0.1, 0.15) is 0 Å². The maximum Gasteiger partial charge on any atom is 0.221 e. The van der Waals surface area contributed by atoms with Gasteiger partial charge < -0.3 is 0 Å². The lowest BCUT2D eigenvalue weighted by atomic mass is 9.92. The van der Waals surface area contributed by atoms with Crippen molar-refractivity contribution in [2.24, 2.45) is 0 Å².